The van der Waals surface area contributed by atoms with Crippen LogP contribution in [0.25, 0.3) is 38.8 Å². The lowest BCUT2D eigenvalue weighted by Crippen LogP contribution is -2.66. The van der Waals surface area contributed by atoms with E-state index in [0.717, 1.165) is 67.6 Å². The monoisotopic (exact) mass is 1260 g/mol. The van der Waals surface area contributed by atoms with Crippen molar-refractivity contribution in [2.45, 2.75) is 151 Å². The predicted molar refractivity (Wildman–Crippen MR) is 348 cm³/mol. The highest BCUT2D eigenvalue weighted by Gasteiger charge is 2.71. The van der Waals surface area contributed by atoms with Crippen LogP contribution in [0.3, 0.4) is 0 Å². The van der Waals surface area contributed by atoms with E-state index in [-0.39, 0.29) is 128 Å². The molecule has 16 atom stereocenters. The Kier molecular flexibility index (Phi) is 16.9. The summed E-state index contributed by atoms with van der Waals surface area (Å²) in [5.74, 6) is 2.51. The number of hydrogen-bond donors (Lipinski definition) is 11. The summed E-state index contributed by atoms with van der Waals surface area (Å²) in [5.41, 5.74) is 8.24. The number of benzene rings is 4. The maximum absolute atomic E-state index is 15.7. The molecule has 18 heteroatoms. The maximum atomic E-state index is 15.7. The third-order valence-electron chi connectivity index (χ3n) is 23.0. The molecular weight excluding hydrogens is 1180 g/mol. The number of nitrogens with one attached hydrogen (secondary N) is 3. The van der Waals surface area contributed by atoms with Gasteiger partial charge in [-0.05, 0) is 200 Å². The Labute approximate surface area is 540 Å². The highest BCUT2D eigenvalue weighted by Crippen LogP contribution is 2.73. The Morgan fingerprint density at radius 1 is 0.882 bits per heavy atom. The van der Waals surface area contributed by atoms with Crippen LogP contribution in [-0.2, 0) is 38.4 Å². The molecule has 4 fully saturated rings. The van der Waals surface area contributed by atoms with Gasteiger partial charge in [-0.25, -0.2) is 0 Å². The van der Waals surface area contributed by atoms with Crippen molar-refractivity contribution in [3.63, 3.8) is 0 Å². The number of aliphatic hydroxyl groups excluding tert-OH is 5. The Morgan fingerprint density at radius 2 is 1.72 bits per heavy atom. The highest BCUT2D eigenvalue weighted by atomic mass is 16.6. The van der Waals surface area contributed by atoms with Crippen molar-refractivity contribution in [3.05, 3.63) is 131 Å². The molecule has 14 rings (SSSR count). The van der Waals surface area contributed by atoms with Crippen molar-refractivity contribution in [2.75, 3.05) is 26.9 Å². The van der Waals surface area contributed by atoms with Crippen molar-refractivity contribution in [2.24, 2.45) is 46.8 Å². The van der Waals surface area contributed by atoms with Crippen LogP contribution >= 0.6 is 0 Å². The normalized spacial score (nSPS) is 30.6. The SMILES string of the molecule is COc1cc2c(cc1O)C1=CC3CC4(CC5(NC(C(C)O)CC6CCc7ccc(O)cc7-c7cc8[nH]ccc8n7C65)C(CCCO)C4C=O)C4CC(O)CCC4C3C2CC(=O)CC(C(O)Cc2ccc(O)c(OCCO)c2)OC(=O)CC#CCc2c1[nH]c1ccccc21. The minimum Gasteiger partial charge on any atom is -0.508 e. The number of aromatic amines is 2. The summed E-state index contributed by atoms with van der Waals surface area (Å²) in [6.07, 6.45) is 5.78. The first-order valence-electron chi connectivity index (χ1n) is 33.4. The zero-order chi connectivity index (χ0) is 64.6. The third-order valence-corrected chi connectivity index (χ3v) is 23.0. The number of ether oxygens (including phenoxy) is 3. The van der Waals surface area contributed by atoms with Crippen LogP contribution in [0.2, 0.25) is 0 Å². The van der Waals surface area contributed by atoms with Crippen LogP contribution in [0.5, 0.6) is 28.7 Å². The number of Topliss-reactive ketones (excluding diaryl/α,β-unsaturated/α-hetero) is 1. The van der Waals surface area contributed by atoms with E-state index < -0.39 is 59.1 Å². The Hall–Kier alpha value is -7.89. The summed E-state index contributed by atoms with van der Waals surface area (Å²) in [6.45, 7) is 1.35. The highest BCUT2D eigenvalue weighted by molar-refractivity contribution is 5.95. The number of H-pyrrole nitrogens is 2. The average molecular weight is 1270 g/mol. The number of ketones is 1. The largest absolute Gasteiger partial charge is 0.508 e. The average Bonchev–Trinajstić information content (AvgIpc) is 1.53. The van der Waals surface area contributed by atoms with E-state index in [9.17, 15) is 45.6 Å². The molecular formula is C75H84N4O14. The number of phenolic OH excluding ortho intramolecular Hbond substituents is 3. The summed E-state index contributed by atoms with van der Waals surface area (Å²) in [6, 6.07) is 25.3. The number of phenols is 3. The van der Waals surface area contributed by atoms with Crippen molar-refractivity contribution in [1.82, 2.24) is 19.9 Å². The molecule has 3 saturated carbocycles. The molecule has 0 radical (unpaired) electrons. The van der Waals surface area contributed by atoms with Crippen LogP contribution in [0.1, 0.15) is 129 Å². The van der Waals surface area contributed by atoms with Crippen molar-refractivity contribution in [1.29, 1.82) is 0 Å². The fourth-order valence-corrected chi connectivity index (χ4v) is 19.5. The summed E-state index contributed by atoms with van der Waals surface area (Å²) in [4.78, 5) is 52.4. The molecule has 488 valence electrons. The number of allylic oxidation sites excluding steroid dienone is 1. The van der Waals surface area contributed by atoms with Gasteiger partial charge in [-0.15, -0.1) is 0 Å². The molecule has 16 unspecified atom stereocenters. The Morgan fingerprint density at radius 3 is 2.53 bits per heavy atom. The number of aliphatic hydroxyl groups is 5. The van der Waals surface area contributed by atoms with Crippen LogP contribution < -0.4 is 14.8 Å². The Balaban J connectivity index is 0.975. The van der Waals surface area contributed by atoms with Gasteiger partial charge in [-0.1, -0.05) is 48.2 Å². The number of aryl methyl sites for hydroxylation is 1. The summed E-state index contributed by atoms with van der Waals surface area (Å²) in [5, 5.41) is 96.3. The molecule has 6 heterocycles. The number of piperidine rings is 1. The van der Waals surface area contributed by atoms with E-state index in [2.05, 4.69) is 49.9 Å². The number of hydrogen-bond acceptors (Lipinski definition) is 15. The number of fused-ring (bicyclic) bond motifs is 17. The number of nitrogens with zero attached hydrogens (tertiary/aromatic N) is 1. The molecule has 1 saturated heterocycles. The van der Waals surface area contributed by atoms with Gasteiger partial charge in [-0.2, -0.15) is 0 Å². The topological polar surface area (TPSA) is 289 Å². The lowest BCUT2D eigenvalue weighted by molar-refractivity contribution is -0.155. The third kappa shape index (κ3) is 10.9. The number of esters is 1. The standard InChI is InChI=1S/C75H84N4O14/c1-40(83)60-29-43-15-14-42-16-17-45(84)30-51(42)63-36-61-62(21-22-76-61)79(63)73(43)75(78-60)39-74(58(38-82)56(75)10-7-23-80)37-44-28-55-52-34-66(89)67(91-2)35-53(52)54(71(44)50-19-18-46(85)32-57(50)74)31-47(86)33-69(65(88)26-41-13-20-64(87)68(27-41)92-25-24-81)93-70(90)12-6-4-9-49-48-8-3-5-11-59(48)77-72(49)55/h3,5,8,11,13,16-17,20-22,27-28,30,34-36,38,40,43-44,46,50,54,56-58,60,65,69,71,73,76-78,80-81,83-85,87-89H,7,9-10,12,14-15,18-19,23-26,29,31-33,37,39H2,1-2H3. The number of para-hydroxylation sites is 1. The van der Waals surface area contributed by atoms with Crippen molar-refractivity contribution < 1.29 is 69.4 Å². The molecule has 3 aromatic heterocycles. The second kappa shape index (κ2) is 25.1. The second-order valence-corrected chi connectivity index (χ2v) is 27.9. The van der Waals surface area contributed by atoms with E-state index in [1.165, 1.54) is 25.5 Å². The zero-order valence-corrected chi connectivity index (χ0v) is 52.6. The Bertz CT molecular complexity index is 4110. The maximum Gasteiger partial charge on any atom is 0.318 e. The van der Waals surface area contributed by atoms with Gasteiger partial charge >= 0.3 is 5.97 Å². The number of carbonyl (C=O) groups excluding carboxylic acids is 3. The number of rotatable bonds is 12. The van der Waals surface area contributed by atoms with Crippen LogP contribution in [-0.4, -0.2) is 136 Å². The molecule has 3 aliphatic heterocycles. The van der Waals surface area contributed by atoms with E-state index in [1.807, 2.05) is 55.6 Å². The van der Waals surface area contributed by atoms with Gasteiger partial charge in [0, 0.05) is 78.0 Å². The van der Waals surface area contributed by atoms with Crippen molar-refractivity contribution >= 4 is 45.5 Å². The lowest BCUT2D eigenvalue weighted by Gasteiger charge is -2.59. The fraction of sp³-hybridized carbons (Fsp3) is 0.480. The number of aldehydes is 1. The predicted octanol–water partition coefficient (Wildman–Crippen LogP) is 9.25. The fourth-order valence-electron chi connectivity index (χ4n) is 19.5. The van der Waals surface area contributed by atoms with Gasteiger partial charge in [0.2, 0.25) is 0 Å². The molecule has 0 amide bonds. The lowest BCUT2D eigenvalue weighted by atomic mass is 9.45. The minimum atomic E-state index is -1.42. The molecule has 7 aromatic rings. The number of cyclic esters (lactones) is 1. The second-order valence-electron chi connectivity index (χ2n) is 27.9. The molecule has 18 nitrogen and oxygen atoms in total. The summed E-state index contributed by atoms with van der Waals surface area (Å²) >= 11 is 0. The van der Waals surface area contributed by atoms with Gasteiger partial charge in [0.1, 0.15) is 37.0 Å². The molecule has 11 N–H and O–H groups in total. The molecule has 2 spiro atoms. The zero-order valence-electron chi connectivity index (χ0n) is 52.6. The molecule has 4 aromatic carbocycles. The number of carbonyl (C=O) groups is 3. The van der Waals surface area contributed by atoms with Gasteiger partial charge in [-0.3, -0.25) is 9.59 Å². The van der Waals surface area contributed by atoms with Crippen LogP contribution in [0, 0.1) is 58.7 Å². The number of aromatic nitrogens is 3. The smallest absolute Gasteiger partial charge is 0.318 e. The molecule has 7 aliphatic rings. The molecule has 4 aliphatic carbocycles. The van der Waals surface area contributed by atoms with Crippen LogP contribution in [0.15, 0.2) is 97.2 Å². The van der Waals surface area contributed by atoms with Gasteiger partial charge < -0.3 is 79.7 Å². The molecule has 93 heavy (non-hydrogen) atoms. The van der Waals surface area contributed by atoms with Crippen LogP contribution in [0.4, 0.5) is 0 Å². The van der Waals surface area contributed by atoms with E-state index in [0.29, 0.717) is 68.9 Å². The molecule has 2 bridgehead atoms. The van der Waals surface area contributed by atoms with E-state index >= 15 is 9.59 Å². The number of aromatic hydroxyl groups is 3. The van der Waals surface area contributed by atoms with Gasteiger partial charge in [0.05, 0.1) is 60.5 Å². The van der Waals surface area contributed by atoms with Gasteiger partial charge in [0.15, 0.2) is 23.0 Å². The van der Waals surface area contributed by atoms with E-state index in [1.54, 1.807) is 18.2 Å². The minimum absolute atomic E-state index is 0.0252. The number of methoxy groups -OCH3 is 1. The first-order chi connectivity index (χ1) is 45.0. The summed E-state index contributed by atoms with van der Waals surface area (Å²) < 4.78 is 20.2. The van der Waals surface area contributed by atoms with E-state index in [4.69, 9.17) is 14.2 Å². The summed E-state index contributed by atoms with van der Waals surface area (Å²) in [7, 11) is 1.49. The van der Waals surface area contributed by atoms with Gasteiger partial charge in [0.25, 0.3) is 0 Å². The van der Waals surface area contributed by atoms with Crippen molar-refractivity contribution in [3.8, 4) is 51.8 Å². The first kappa shape index (κ1) is 62.6. The quantitative estimate of drug-likeness (QED) is 0.0309. The first-order valence-corrected chi connectivity index (χ1v) is 33.4.